The molecule has 0 unspecified atom stereocenters. The predicted molar refractivity (Wildman–Crippen MR) is 356 cm³/mol. The summed E-state index contributed by atoms with van der Waals surface area (Å²) in [6.45, 7) is 13.2. The van der Waals surface area contributed by atoms with Crippen LogP contribution in [0.4, 0.5) is 0 Å². The van der Waals surface area contributed by atoms with E-state index in [1.165, 1.54) is 27.4 Å². The Morgan fingerprint density at radius 2 is 0.745 bits per heavy atom. The van der Waals surface area contributed by atoms with E-state index in [9.17, 15) is 28.8 Å². The summed E-state index contributed by atoms with van der Waals surface area (Å²) in [6.07, 6.45) is 6.78. The second-order valence-corrected chi connectivity index (χ2v) is 23.6. The zero-order valence-corrected chi connectivity index (χ0v) is 56.7. The first-order valence-electron chi connectivity index (χ1n) is 29.6. The Kier molecular flexibility index (Phi) is 22.5. The van der Waals surface area contributed by atoms with Gasteiger partial charge in [0, 0.05) is 55.8 Å². The summed E-state index contributed by atoms with van der Waals surface area (Å²) in [7, 11) is 4.82. The summed E-state index contributed by atoms with van der Waals surface area (Å²) < 4.78 is 41.0. The van der Waals surface area contributed by atoms with E-state index in [4.69, 9.17) is 62.6 Å². The van der Waals surface area contributed by atoms with Crippen molar-refractivity contribution in [3.8, 4) is 12.0 Å². The van der Waals surface area contributed by atoms with Crippen LogP contribution < -0.4 is 43.2 Å². The van der Waals surface area contributed by atoms with E-state index in [1.54, 1.807) is 111 Å². The van der Waals surface area contributed by atoms with E-state index in [2.05, 4.69) is 45.8 Å². The molecular weight excluding hydrogens is 1350 g/mol. The molecule has 9 heterocycles. The van der Waals surface area contributed by atoms with E-state index in [1.807, 2.05) is 57.2 Å². The van der Waals surface area contributed by atoms with Crippen molar-refractivity contribution < 1.29 is 27.8 Å². The van der Waals surface area contributed by atoms with Crippen molar-refractivity contribution >= 4 is 84.2 Å². The third-order valence-corrected chi connectivity index (χ3v) is 15.8. The van der Waals surface area contributed by atoms with E-state index in [0.29, 0.717) is 130 Å². The van der Waals surface area contributed by atoms with Gasteiger partial charge < -0.3 is 32.4 Å². The fourth-order valence-corrected chi connectivity index (χ4v) is 10.8. The number of aryl methyl sites for hydroxylation is 6. The first-order chi connectivity index (χ1) is 45.0. The quantitative estimate of drug-likeness (QED) is 0.0738. The second-order valence-electron chi connectivity index (χ2n) is 21.5. The number of aliphatic hydroxyl groups is 1. The molecule has 0 radical (unpaired) electrons. The molecule has 0 aliphatic rings. The van der Waals surface area contributed by atoms with Crippen LogP contribution in [-0.4, -0.2) is 76.1 Å². The third-order valence-electron chi connectivity index (χ3n) is 14.5. The SMILES string of the molecule is CCCn1c(=O)c2c(nc(Br)n2Cc2ccc(Cl)cc2)n(C)c1=O.CCCn1c(=O)c2c(nc(OCc3ncc(C)o3)n2Cc2ccc(Cl)cc2)n(C)c1=O.CCCn1c(=O)c2c(nc(OCc3ncc(C)o3)n2Cc2ccc(Cl)cc2)n(C)c1=O.Cc1cnc(CO)o1. The average molecular weight is 1410 g/mol. The zero-order chi connectivity index (χ0) is 67.7. The molecule has 0 amide bonds. The Balaban J connectivity index is 0.000000157. The molecule has 27 nitrogen and oxygen atoms in total. The van der Waals surface area contributed by atoms with Crippen molar-refractivity contribution in [1.82, 2.24) is 71.0 Å². The zero-order valence-electron chi connectivity index (χ0n) is 52.8. The number of aliphatic hydroxyl groups excluding tert-OH is 1. The van der Waals surface area contributed by atoms with Crippen molar-refractivity contribution in [2.75, 3.05) is 0 Å². The van der Waals surface area contributed by atoms with E-state index in [0.717, 1.165) is 22.5 Å². The summed E-state index contributed by atoms with van der Waals surface area (Å²) in [5.74, 6) is 3.22. The number of hydrogen-bond donors (Lipinski definition) is 1. The van der Waals surface area contributed by atoms with Crippen molar-refractivity contribution in [2.45, 2.75) is 120 Å². The predicted octanol–water partition coefficient (Wildman–Crippen LogP) is 9.01. The Bertz CT molecular complexity index is 4820. The maximum absolute atomic E-state index is 13.2. The van der Waals surface area contributed by atoms with Gasteiger partial charge in [0.2, 0.25) is 17.7 Å². The molecule has 12 rings (SSSR count). The minimum absolute atomic E-state index is 0.0366. The Hall–Kier alpha value is -9.35. The number of benzene rings is 3. The molecule has 0 saturated heterocycles. The Labute approximate surface area is 558 Å². The number of hydrogen-bond acceptors (Lipinski definition) is 18. The molecule has 0 fully saturated rings. The fourth-order valence-electron chi connectivity index (χ4n) is 9.95. The van der Waals surface area contributed by atoms with Crippen LogP contribution in [0.3, 0.4) is 0 Å². The number of halogens is 4. The van der Waals surface area contributed by atoms with Gasteiger partial charge in [-0.25, -0.2) is 34.3 Å². The van der Waals surface area contributed by atoms with Gasteiger partial charge in [-0.2, -0.15) is 9.97 Å². The summed E-state index contributed by atoms with van der Waals surface area (Å²) >= 11 is 21.3. The number of nitrogens with zero attached hydrogens (tertiary/aromatic N) is 15. The maximum Gasteiger partial charge on any atom is 0.332 e. The smallest absolute Gasteiger partial charge is 0.332 e. The van der Waals surface area contributed by atoms with Crippen LogP contribution in [0.15, 0.2) is 138 Å². The molecule has 0 spiro atoms. The molecule has 0 bridgehead atoms. The molecule has 0 saturated carbocycles. The highest BCUT2D eigenvalue weighted by molar-refractivity contribution is 9.10. The molecule has 1 N–H and O–H groups in total. The lowest BCUT2D eigenvalue weighted by Gasteiger charge is -2.11. The number of aromatic nitrogens is 15. The van der Waals surface area contributed by atoms with Crippen LogP contribution in [0.1, 0.15) is 91.7 Å². The lowest BCUT2D eigenvalue weighted by molar-refractivity contribution is 0.234. The van der Waals surface area contributed by atoms with Crippen LogP contribution in [0.5, 0.6) is 12.0 Å². The molecule has 3 aromatic carbocycles. The van der Waals surface area contributed by atoms with Gasteiger partial charge in [-0.3, -0.25) is 50.9 Å². The topological polar surface area (TPSA) is 302 Å². The van der Waals surface area contributed by atoms with Crippen LogP contribution >= 0.6 is 50.7 Å². The van der Waals surface area contributed by atoms with Gasteiger partial charge >= 0.3 is 17.1 Å². The van der Waals surface area contributed by atoms with Crippen molar-refractivity contribution in [1.29, 1.82) is 0 Å². The first kappa shape index (κ1) is 69.0. The van der Waals surface area contributed by atoms with Gasteiger partial charge in [0.05, 0.1) is 38.2 Å². The molecule has 0 aliphatic carbocycles. The highest BCUT2D eigenvalue weighted by Gasteiger charge is 2.25. The van der Waals surface area contributed by atoms with Gasteiger partial charge in [0.15, 0.2) is 51.4 Å². The van der Waals surface area contributed by atoms with Crippen LogP contribution in [0.2, 0.25) is 15.1 Å². The summed E-state index contributed by atoms with van der Waals surface area (Å²) in [6, 6.07) is 22.3. The minimum Gasteiger partial charge on any atom is -0.455 e. The normalized spacial score (nSPS) is 11.2. The lowest BCUT2D eigenvalue weighted by atomic mass is 10.2. The molecule has 12 aromatic rings. The van der Waals surface area contributed by atoms with E-state index < -0.39 is 22.5 Å². The molecule has 0 atom stereocenters. The van der Waals surface area contributed by atoms with Crippen LogP contribution in [-0.2, 0) is 80.2 Å². The highest BCUT2D eigenvalue weighted by atomic mass is 79.9. The van der Waals surface area contributed by atoms with Crippen LogP contribution in [0.25, 0.3) is 33.5 Å². The van der Waals surface area contributed by atoms with Gasteiger partial charge in [0.1, 0.15) is 23.9 Å². The maximum atomic E-state index is 13.2. The van der Waals surface area contributed by atoms with Gasteiger partial charge in [-0.15, -0.1) is 0 Å². The molecule has 94 heavy (non-hydrogen) atoms. The van der Waals surface area contributed by atoms with Gasteiger partial charge in [0.25, 0.3) is 28.7 Å². The number of rotatable bonds is 19. The molecule has 31 heteroatoms. The average Bonchev–Trinajstić information content (AvgIpc) is 1.59. The third kappa shape index (κ3) is 15.5. The fraction of sp³-hybridized carbons (Fsp3) is 0.333. The summed E-state index contributed by atoms with van der Waals surface area (Å²) in [5, 5.41) is 10.3. The number of imidazole rings is 3. The van der Waals surface area contributed by atoms with E-state index in [-0.39, 0.29) is 54.4 Å². The molecule has 9 aromatic heterocycles. The van der Waals surface area contributed by atoms with Crippen molar-refractivity contribution in [3.05, 3.63) is 225 Å². The number of ether oxygens (including phenoxy) is 2. The van der Waals surface area contributed by atoms with Gasteiger partial charge in [-0.05, 0) is 109 Å². The number of oxazole rings is 3. The summed E-state index contributed by atoms with van der Waals surface area (Å²) in [4.78, 5) is 102. The van der Waals surface area contributed by atoms with Crippen molar-refractivity contribution in [3.63, 3.8) is 0 Å². The first-order valence-corrected chi connectivity index (χ1v) is 31.6. The van der Waals surface area contributed by atoms with Crippen molar-refractivity contribution in [2.24, 2.45) is 21.1 Å². The molecule has 0 aliphatic heterocycles. The lowest BCUT2D eigenvalue weighted by Crippen LogP contribution is -2.39. The van der Waals surface area contributed by atoms with Gasteiger partial charge in [-0.1, -0.05) is 92.0 Å². The molecular formula is C63H67BrCl3N15O12. The largest absolute Gasteiger partial charge is 0.455 e. The minimum atomic E-state index is -0.412. The Morgan fingerprint density at radius 3 is 1.03 bits per heavy atom. The number of fused-ring (bicyclic) bond motifs is 3. The van der Waals surface area contributed by atoms with Crippen LogP contribution in [0, 0.1) is 20.8 Å². The Morgan fingerprint density at radius 1 is 0.447 bits per heavy atom. The summed E-state index contributed by atoms with van der Waals surface area (Å²) in [5.41, 5.74) is 2.38. The standard InChI is InChI=1S/2C21H22ClN5O4.C16H16BrClN4O2.C5H7NO2/c2*1-4-9-26-19(28)17-18(25(3)21(26)29)24-20(30-12-16-23-10-13(2)31-16)27(17)11-14-5-7-15(22)8-6-14;1-3-8-21-14(23)12-13(20(2)16(21)24)19-15(17)22(12)9-10-4-6-11(18)7-5-10;1-4-2-6-5(3-7)8-4/h2*5-8,10H,4,9,11-12H2,1-3H3;4-7H,3,8-9H2,1-2H3;2,7H,3H2,1H3. The second kappa shape index (κ2) is 30.6. The highest BCUT2D eigenvalue weighted by Crippen LogP contribution is 2.25. The van der Waals surface area contributed by atoms with E-state index >= 15 is 0 Å². The monoisotopic (exact) mass is 1410 g/mol. The molecule has 494 valence electrons.